The number of halogens is 4. The molecule has 0 unspecified atom stereocenters. The number of thiophene rings is 1. The van der Waals surface area contributed by atoms with Crippen LogP contribution in [0.2, 0.25) is 0 Å². The van der Waals surface area contributed by atoms with Gasteiger partial charge >= 0.3 is 6.18 Å². The Balaban J connectivity index is 2.06. The van der Waals surface area contributed by atoms with Gasteiger partial charge in [-0.05, 0) is 46.3 Å². The summed E-state index contributed by atoms with van der Waals surface area (Å²) in [6.45, 7) is -0.805. The molecule has 0 amide bonds. The summed E-state index contributed by atoms with van der Waals surface area (Å²) in [5, 5.41) is 0.811. The van der Waals surface area contributed by atoms with E-state index in [0.717, 1.165) is 34.0 Å². The van der Waals surface area contributed by atoms with Crippen molar-refractivity contribution in [3.05, 3.63) is 53.0 Å². The monoisotopic (exact) mass is 556 g/mol. The van der Waals surface area contributed by atoms with Crippen molar-refractivity contribution in [3.63, 3.8) is 0 Å². The number of sulfonamides is 2. The lowest BCUT2D eigenvalue weighted by atomic mass is 10.3. The second-order valence-corrected chi connectivity index (χ2v) is 12.0. The second-order valence-electron chi connectivity index (χ2n) is 6.56. The molecule has 0 aliphatic heterocycles. The summed E-state index contributed by atoms with van der Waals surface area (Å²) in [6, 6.07) is 11.7. The molecule has 168 valence electrons. The zero-order chi connectivity index (χ0) is 23.0. The molecule has 1 aromatic heterocycles. The number of hydrogen-bond acceptors (Lipinski definition) is 5. The van der Waals surface area contributed by atoms with Crippen molar-refractivity contribution in [2.75, 3.05) is 21.8 Å². The van der Waals surface area contributed by atoms with Gasteiger partial charge in [-0.1, -0.05) is 18.2 Å². The Kier molecular flexibility index (Phi) is 6.61. The first-order valence-electron chi connectivity index (χ1n) is 8.62. The SMILES string of the molecule is CS(=O)(=O)Nc1ccc(S(=O)(=O)N(CCC(F)(F)F)c2sc3ccccc3c2Br)cc1. The molecule has 0 aliphatic carbocycles. The standard InChI is InChI=1S/C18H16BrF3N2O4S3/c1-30(25,26)23-12-6-8-13(9-7-12)31(27,28)24(11-10-18(20,21)22)17-16(19)14-4-2-3-5-15(14)29-17/h2-9,23H,10-11H2,1H3. The van der Waals surface area contributed by atoms with Crippen LogP contribution in [0.1, 0.15) is 6.42 Å². The molecular weight excluding hydrogens is 541 g/mol. The van der Waals surface area contributed by atoms with E-state index in [1.807, 2.05) is 0 Å². The number of alkyl halides is 3. The first-order valence-corrected chi connectivity index (χ1v) is 13.6. The molecular formula is C18H16BrF3N2O4S3. The minimum Gasteiger partial charge on any atom is -0.284 e. The highest BCUT2D eigenvalue weighted by molar-refractivity contribution is 9.10. The maximum atomic E-state index is 13.3. The summed E-state index contributed by atoms with van der Waals surface area (Å²) < 4.78 is 92.1. The maximum absolute atomic E-state index is 13.3. The zero-order valence-electron chi connectivity index (χ0n) is 15.8. The van der Waals surface area contributed by atoms with Gasteiger partial charge in [0.2, 0.25) is 10.0 Å². The van der Waals surface area contributed by atoms with Crippen LogP contribution in [0.4, 0.5) is 23.9 Å². The second kappa shape index (κ2) is 8.60. The fourth-order valence-electron chi connectivity index (χ4n) is 2.76. The predicted molar refractivity (Wildman–Crippen MR) is 120 cm³/mol. The Labute approximate surface area is 189 Å². The third-order valence-electron chi connectivity index (χ3n) is 4.09. The van der Waals surface area contributed by atoms with Crippen molar-refractivity contribution in [1.29, 1.82) is 0 Å². The fourth-order valence-corrected chi connectivity index (χ4v) is 7.18. The molecule has 31 heavy (non-hydrogen) atoms. The summed E-state index contributed by atoms with van der Waals surface area (Å²) in [5.74, 6) is 0. The third-order valence-corrected chi connectivity index (χ3v) is 8.88. The van der Waals surface area contributed by atoms with Crippen molar-refractivity contribution < 1.29 is 30.0 Å². The molecule has 0 atom stereocenters. The Morgan fingerprint density at radius 3 is 2.19 bits per heavy atom. The number of nitrogens with one attached hydrogen (secondary N) is 1. The van der Waals surface area contributed by atoms with E-state index in [4.69, 9.17) is 0 Å². The van der Waals surface area contributed by atoms with E-state index in [2.05, 4.69) is 20.7 Å². The van der Waals surface area contributed by atoms with Gasteiger partial charge in [0.15, 0.2) is 0 Å². The van der Waals surface area contributed by atoms with Crippen LogP contribution in [-0.4, -0.2) is 35.8 Å². The number of rotatable bonds is 7. The molecule has 0 saturated heterocycles. The van der Waals surface area contributed by atoms with Crippen LogP contribution < -0.4 is 9.03 Å². The summed E-state index contributed by atoms with van der Waals surface area (Å²) in [7, 11) is -7.94. The lowest BCUT2D eigenvalue weighted by Gasteiger charge is -2.24. The molecule has 1 N–H and O–H groups in total. The maximum Gasteiger partial charge on any atom is 0.390 e. The van der Waals surface area contributed by atoms with Crippen molar-refractivity contribution in [3.8, 4) is 0 Å². The van der Waals surface area contributed by atoms with Crippen molar-refractivity contribution >= 4 is 68.1 Å². The molecule has 2 aromatic carbocycles. The highest BCUT2D eigenvalue weighted by Gasteiger charge is 2.34. The summed E-state index contributed by atoms with van der Waals surface area (Å²) in [6.07, 6.45) is -4.95. The van der Waals surface area contributed by atoms with E-state index < -0.39 is 39.2 Å². The highest BCUT2D eigenvalue weighted by Crippen LogP contribution is 2.44. The molecule has 0 aliphatic rings. The number of benzene rings is 2. The molecule has 0 fully saturated rings. The van der Waals surface area contributed by atoms with Crippen LogP contribution in [0.25, 0.3) is 10.1 Å². The molecule has 0 spiro atoms. The summed E-state index contributed by atoms with van der Waals surface area (Å²) in [5.41, 5.74) is 0.131. The summed E-state index contributed by atoms with van der Waals surface area (Å²) >= 11 is 4.38. The van der Waals surface area contributed by atoms with Crippen LogP contribution in [-0.2, 0) is 20.0 Å². The van der Waals surface area contributed by atoms with Gasteiger partial charge in [-0.2, -0.15) is 13.2 Å². The average Bonchev–Trinajstić information content (AvgIpc) is 2.97. The number of anilines is 2. The number of hydrogen-bond donors (Lipinski definition) is 1. The van der Waals surface area contributed by atoms with Crippen LogP contribution in [0, 0.1) is 0 Å². The normalized spacial score (nSPS) is 12.8. The molecule has 3 rings (SSSR count). The Hall–Kier alpha value is -1.83. The van der Waals surface area contributed by atoms with Crippen molar-refractivity contribution in [1.82, 2.24) is 0 Å². The van der Waals surface area contributed by atoms with Crippen molar-refractivity contribution in [2.24, 2.45) is 0 Å². The first-order chi connectivity index (χ1) is 14.3. The third kappa shape index (κ3) is 5.70. The minimum absolute atomic E-state index is 0.129. The van der Waals surface area contributed by atoms with E-state index in [1.165, 1.54) is 12.1 Å². The largest absolute Gasteiger partial charge is 0.390 e. The van der Waals surface area contributed by atoms with Gasteiger partial charge in [0.25, 0.3) is 10.0 Å². The van der Waals surface area contributed by atoms with Gasteiger partial charge in [0.1, 0.15) is 5.00 Å². The highest BCUT2D eigenvalue weighted by atomic mass is 79.9. The van der Waals surface area contributed by atoms with Gasteiger partial charge in [-0.3, -0.25) is 9.03 Å². The molecule has 13 heteroatoms. The number of nitrogens with zero attached hydrogens (tertiary/aromatic N) is 1. The van der Waals surface area contributed by atoms with Gasteiger partial charge < -0.3 is 0 Å². The molecule has 0 radical (unpaired) electrons. The average molecular weight is 557 g/mol. The van der Waals surface area contributed by atoms with Crippen LogP contribution in [0.5, 0.6) is 0 Å². The van der Waals surface area contributed by atoms with E-state index in [9.17, 15) is 30.0 Å². The predicted octanol–water partition coefficient (Wildman–Crippen LogP) is 5.18. The molecule has 1 heterocycles. The first kappa shape index (κ1) is 23.8. The van der Waals surface area contributed by atoms with Crippen molar-refractivity contribution in [2.45, 2.75) is 17.5 Å². The van der Waals surface area contributed by atoms with Gasteiger partial charge in [-0.15, -0.1) is 11.3 Å². The van der Waals surface area contributed by atoms with E-state index in [1.54, 1.807) is 24.3 Å². The minimum atomic E-state index is -4.56. The topological polar surface area (TPSA) is 83.5 Å². The Morgan fingerprint density at radius 2 is 1.65 bits per heavy atom. The number of fused-ring (bicyclic) bond motifs is 1. The summed E-state index contributed by atoms with van der Waals surface area (Å²) in [4.78, 5) is -0.266. The van der Waals surface area contributed by atoms with Gasteiger partial charge in [-0.25, -0.2) is 16.8 Å². The lowest BCUT2D eigenvalue weighted by molar-refractivity contribution is -0.131. The Bertz CT molecular complexity index is 1310. The van der Waals surface area contributed by atoms with E-state index in [-0.39, 0.29) is 15.6 Å². The molecule has 3 aromatic rings. The Morgan fingerprint density at radius 1 is 1.03 bits per heavy atom. The quantitative estimate of drug-likeness (QED) is 0.434. The molecule has 0 saturated carbocycles. The van der Waals surface area contributed by atoms with Gasteiger partial charge in [0.05, 0.1) is 22.0 Å². The zero-order valence-corrected chi connectivity index (χ0v) is 19.9. The van der Waals surface area contributed by atoms with E-state index in [0.29, 0.717) is 14.6 Å². The molecule has 6 nitrogen and oxygen atoms in total. The smallest absolute Gasteiger partial charge is 0.284 e. The molecule has 0 bridgehead atoms. The van der Waals surface area contributed by atoms with Crippen LogP contribution in [0.3, 0.4) is 0 Å². The fraction of sp³-hybridized carbons (Fsp3) is 0.222. The lowest BCUT2D eigenvalue weighted by Crippen LogP contribution is -2.34. The van der Waals surface area contributed by atoms with Crippen LogP contribution in [0.15, 0.2) is 57.9 Å². The van der Waals surface area contributed by atoms with Crippen LogP contribution >= 0.6 is 27.3 Å². The van der Waals surface area contributed by atoms with E-state index >= 15 is 0 Å². The van der Waals surface area contributed by atoms with Gasteiger partial charge in [0, 0.05) is 22.3 Å².